The lowest BCUT2D eigenvalue weighted by Gasteiger charge is -2.08. The normalized spacial score (nSPS) is 11.9. The van der Waals surface area contributed by atoms with Gasteiger partial charge in [-0.25, -0.2) is 8.42 Å². The molecular formula is C20H19N3O3S. The van der Waals surface area contributed by atoms with Crippen molar-refractivity contribution in [3.8, 4) is 5.75 Å². The standard InChI is InChI=1S/C20H19N3O3S/c1-21-11-12-26-15-9-10-18-17(13-15)20(23-22-18)27(24,25)19-8-4-6-14-5-2-3-7-16(14)19/h2-10,13,21H,11-12H2,1H3,(H,22,23). The first-order chi connectivity index (χ1) is 13.1. The fraction of sp³-hybridized carbons (Fsp3) is 0.150. The number of nitrogens with zero attached hydrogens (tertiary/aromatic N) is 1. The van der Waals surface area contributed by atoms with Gasteiger partial charge in [0.25, 0.3) is 0 Å². The molecule has 0 saturated carbocycles. The highest BCUT2D eigenvalue weighted by Gasteiger charge is 2.25. The number of hydrogen-bond donors (Lipinski definition) is 2. The lowest BCUT2D eigenvalue weighted by Crippen LogP contribution is -2.15. The number of fused-ring (bicyclic) bond motifs is 2. The van der Waals surface area contributed by atoms with E-state index in [1.54, 1.807) is 30.3 Å². The molecule has 0 spiro atoms. The molecular weight excluding hydrogens is 362 g/mol. The first kappa shape index (κ1) is 17.5. The molecule has 4 aromatic rings. The van der Waals surface area contributed by atoms with Gasteiger partial charge in [0.05, 0.1) is 10.4 Å². The molecule has 6 nitrogen and oxygen atoms in total. The minimum absolute atomic E-state index is 0.00733. The number of aromatic nitrogens is 2. The molecule has 3 aromatic carbocycles. The van der Waals surface area contributed by atoms with Crippen LogP contribution in [0.3, 0.4) is 0 Å². The first-order valence-electron chi connectivity index (χ1n) is 8.59. The summed E-state index contributed by atoms with van der Waals surface area (Å²) in [6.45, 7) is 1.19. The summed E-state index contributed by atoms with van der Waals surface area (Å²) in [5.41, 5.74) is 0.648. The highest BCUT2D eigenvalue weighted by atomic mass is 32.2. The molecule has 0 bridgehead atoms. The van der Waals surface area contributed by atoms with Crippen molar-refractivity contribution in [1.82, 2.24) is 15.5 Å². The molecule has 0 saturated heterocycles. The van der Waals surface area contributed by atoms with Gasteiger partial charge in [0.2, 0.25) is 9.84 Å². The van der Waals surface area contributed by atoms with Gasteiger partial charge in [0, 0.05) is 17.3 Å². The van der Waals surface area contributed by atoms with Crippen molar-refractivity contribution in [3.63, 3.8) is 0 Å². The van der Waals surface area contributed by atoms with E-state index in [2.05, 4.69) is 15.5 Å². The number of likely N-dealkylation sites (N-methyl/N-ethyl adjacent to an activating group) is 1. The second-order valence-electron chi connectivity index (χ2n) is 6.17. The average Bonchev–Trinajstić information content (AvgIpc) is 3.12. The predicted octanol–water partition coefficient (Wildman–Crippen LogP) is 3.15. The number of hydrogen-bond acceptors (Lipinski definition) is 5. The van der Waals surface area contributed by atoms with Gasteiger partial charge < -0.3 is 10.1 Å². The van der Waals surface area contributed by atoms with Crippen molar-refractivity contribution in [1.29, 1.82) is 0 Å². The molecule has 0 amide bonds. The van der Waals surface area contributed by atoms with E-state index in [1.165, 1.54) is 0 Å². The highest BCUT2D eigenvalue weighted by molar-refractivity contribution is 7.91. The van der Waals surface area contributed by atoms with Gasteiger partial charge in [-0.05, 0) is 36.7 Å². The largest absolute Gasteiger partial charge is 0.492 e. The summed E-state index contributed by atoms with van der Waals surface area (Å²) in [5, 5.41) is 12.0. The molecule has 7 heteroatoms. The number of ether oxygens (including phenoxy) is 1. The van der Waals surface area contributed by atoms with Crippen molar-refractivity contribution < 1.29 is 13.2 Å². The maximum Gasteiger partial charge on any atom is 0.226 e. The van der Waals surface area contributed by atoms with E-state index in [4.69, 9.17) is 4.74 Å². The van der Waals surface area contributed by atoms with Gasteiger partial charge >= 0.3 is 0 Å². The molecule has 0 aliphatic heterocycles. The Morgan fingerprint density at radius 3 is 2.70 bits per heavy atom. The second-order valence-corrected chi connectivity index (χ2v) is 8.00. The monoisotopic (exact) mass is 381 g/mol. The van der Waals surface area contributed by atoms with Crippen LogP contribution in [0.15, 0.2) is 70.6 Å². The average molecular weight is 381 g/mol. The number of H-pyrrole nitrogens is 1. The van der Waals surface area contributed by atoms with Crippen LogP contribution in [-0.4, -0.2) is 38.8 Å². The summed E-state index contributed by atoms with van der Waals surface area (Å²) in [5.74, 6) is 0.605. The minimum Gasteiger partial charge on any atom is -0.492 e. The number of benzene rings is 3. The van der Waals surface area contributed by atoms with Crippen molar-refractivity contribution >= 4 is 31.5 Å². The van der Waals surface area contributed by atoms with Crippen molar-refractivity contribution in [2.24, 2.45) is 0 Å². The molecule has 0 aliphatic carbocycles. The molecule has 0 unspecified atom stereocenters. The molecule has 0 atom stereocenters. The van der Waals surface area contributed by atoms with E-state index in [-0.39, 0.29) is 9.92 Å². The van der Waals surface area contributed by atoms with Crippen LogP contribution >= 0.6 is 0 Å². The fourth-order valence-corrected chi connectivity index (χ4v) is 4.63. The Bertz CT molecular complexity index is 1210. The van der Waals surface area contributed by atoms with Gasteiger partial charge in [0.15, 0.2) is 5.03 Å². The van der Waals surface area contributed by atoms with Crippen LogP contribution in [0.4, 0.5) is 0 Å². The highest BCUT2D eigenvalue weighted by Crippen LogP contribution is 2.32. The number of rotatable bonds is 6. The van der Waals surface area contributed by atoms with Crippen molar-refractivity contribution in [2.75, 3.05) is 20.2 Å². The molecule has 1 aromatic heterocycles. The van der Waals surface area contributed by atoms with Crippen LogP contribution in [0, 0.1) is 0 Å². The molecule has 0 aliphatic rings. The Balaban J connectivity index is 1.84. The molecule has 2 N–H and O–H groups in total. The third-order valence-electron chi connectivity index (χ3n) is 4.41. The van der Waals surface area contributed by atoms with Crippen LogP contribution < -0.4 is 10.1 Å². The fourth-order valence-electron chi connectivity index (χ4n) is 3.07. The van der Waals surface area contributed by atoms with Gasteiger partial charge in [-0.15, -0.1) is 0 Å². The zero-order valence-electron chi connectivity index (χ0n) is 14.8. The topological polar surface area (TPSA) is 84.1 Å². The Morgan fingerprint density at radius 1 is 1.04 bits per heavy atom. The summed E-state index contributed by atoms with van der Waals surface area (Å²) < 4.78 is 32.4. The molecule has 0 fully saturated rings. The predicted molar refractivity (Wildman–Crippen MR) is 105 cm³/mol. The van der Waals surface area contributed by atoms with Crippen LogP contribution in [-0.2, 0) is 9.84 Å². The number of nitrogens with one attached hydrogen (secondary N) is 2. The summed E-state index contributed by atoms with van der Waals surface area (Å²) in [6.07, 6.45) is 0. The minimum atomic E-state index is -3.80. The van der Waals surface area contributed by atoms with Gasteiger partial charge in [-0.3, -0.25) is 5.10 Å². The van der Waals surface area contributed by atoms with Crippen LogP contribution in [0.2, 0.25) is 0 Å². The van der Waals surface area contributed by atoms with Gasteiger partial charge in [-0.1, -0.05) is 36.4 Å². The van der Waals surface area contributed by atoms with E-state index in [9.17, 15) is 8.42 Å². The van der Waals surface area contributed by atoms with E-state index in [1.807, 2.05) is 37.4 Å². The maximum atomic E-state index is 13.4. The van der Waals surface area contributed by atoms with E-state index in [0.717, 1.165) is 5.39 Å². The van der Waals surface area contributed by atoms with Crippen LogP contribution in [0.25, 0.3) is 21.7 Å². The van der Waals surface area contributed by atoms with Crippen molar-refractivity contribution in [3.05, 3.63) is 60.7 Å². The SMILES string of the molecule is CNCCOc1ccc2[nH]nc(S(=O)(=O)c3cccc4ccccc34)c2c1. The smallest absolute Gasteiger partial charge is 0.226 e. The summed E-state index contributed by atoms with van der Waals surface area (Å²) in [6, 6.07) is 18.0. The molecule has 27 heavy (non-hydrogen) atoms. The van der Waals surface area contributed by atoms with Crippen LogP contribution in [0.5, 0.6) is 5.75 Å². The number of sulfone groups is 1. The molecule has 138 valence electrons. The van der Waals surface area contributed by atoms with E-state index in [0.29, 0.717) is 35.2 Å². The quantitative estimate of drug-likeness (QED) is 0.501. The summed E-state index contributed by atoms with van der Waals surface area (Å²) in [4.78, 5) is 0.246. The third-order valence-corrected chi connectivity index (χ3v) is 6.17. The Labute approximate surface area is 157 Å². The lowest BCUT2D eigenvalue weighted by molar-refractivity contribution is 0.319. The molecule has 4 rings (SSSR count). The van der Waals surface area contributed by atoms with Crippen molar-refractivity contribution in [2.45, 2.75) is 9.92 Å². The number of aromatic amines is 1. The Kier molecular flexibility index (Phi) is 4.55. The maximum absolute atomic E-state index is 13.4. The Hall–Kier alpha value is -2.90. The molecule has 1 heterocycles. The van der Waals surface area contributed by atoms with E-state index < -0.39 is 9.84 Å². The third kappa shape index (κ3) is 3.15. The first-order valence-corrected chi connectivity index (χ1v) is 10.1. The van der Waals surface area contributed by atoms with Crippen LogP contribution in [0.1, 0.15) is 0 Å². The van der Waals surface area contributed by atoms with Gasteiger partial charge in [-0.2, -0.15) is 5.10 Å². The van der Waals surface area contributed by atoms with E-state index >= 15 is 0 Å². The molecule has 0 radical (unpaired) electrons. The van der Waals surface area contributed by atoms with Gasteiger partial charge in [0.1, 0.15) is 12.4 Å². The summed E-state index contributed by atoms with van der Waals surface area (Å²) in [7, 11) is -1.96. The zero-order chi connectivity index (χ0) is 18.9. The summed E-state index contributed by atoms with van der Waals surface area (Å²) >= 11 is 0. The zero-order valence-corrected chi connectivity index (χ0v) is 15.6. The lowest BCUT2D eigenvalue weighted by atomic mass is 10.1. The second kappa shape index (κ2) is 7.02. The Morgan fingerprint density at radius 2 is 1.85 bits per heavy atom.